The Balaban J connectivity index is 2.08. The molecule has 0 bridgehead atoms. The molecule has 1 saturated heterocycles. The molecule has 2 rings (SSSR count). The first kappa shape index (κ1) is 19.1. The van der Waals surface area contributed by atoms with Crippen molar-refractivity contribution in [3.8, 4) is 0 Å². The van der Waals surface area contributed by atoms with Gasteiger partial charge in [-0.2, -0.15) is 13.2 Å². The first-order valence-corrected chi connectivity index (χ1v) is 8.05. The van der Waals surface area contributed by atoms with Gasteiger partial charge in [-0.15, -0.1) is 0 Å². The third-order valence-corrected chi connectivity index (χ3v) is 4.37. The summed E-state index contributed by atoms with van der Waals surface area (Å²) in [4.78, 5) is 24.8. The number of hydrogen-bond donors (Lipinski definition) is 2. The van der Waals surface area contributed by atoms with Crippen LogP contribution in [0.2, 0.25) is 0 Å². The Morgan fingerprint density at radius 2 is 1.84 bits per heavy atom. The Morgan fingerprint density at radius 1 is 1.24 bits per heavy atom. The average molecular weight is 358 g/mol. The molecule has 1 fully saturated rings. The van der Waals surface area contributed by atoms with Crippen molar-refractivity contribution in [2.45, 2.75) is 32.5 Å². The van der Waals surface area contributed by atoms with Crippen molar-refractivity contribution >= 4 is 12.0 Å². The van der Waals surface area contributed by atoms with E-state index in [2.05, 4.69) is 5.32 Å². The van der Waals surface area contributed by atoms with Gasteiger partial charge < -0.3 is 15.3 Å². The highest BCUT2D eigenvalue weighted by atomic mass is 19.4. The molecule has 2 atom stereocenters. The molecule has 1 heterocycles. The van der Waals surface area contributed by atoms with E-state index in [9.17, 15) is 22.8 Å². The number of carbonyl (C=O) groups excluding carboxylic acids is 1. The Labute approximate surface area is 143 Å². The van der Waals surface area contributed by atoms with Gasteiger partial charge in [-0.3, -0.25) is 4.79 Å². The number of alkyl halides is 3. The summed E-state index contributed by atoms with van der Waals surface area (Å²) in [6, 6.07) is 3.84. The third-order valence-electron chi connectivity index (χ3n) is 4.37. The van der Waals surface area contributed by atoms with E-state index < -0.39 is 35.7 Å². The minimum Gasteiger partial charge on any atom is -0.481 e. The summed E-state index contributed by atoms with van der Waals surface area (Å²) in [6.45, 7) is 4.19. The van der Waals surface area contributed by atoms with Crippen LogP contribution in [0.4, 0.5) is 18.0 Å². The number of aliphatic carboxylic acids is 1. The second-order valence-corrected chi connectivity index (χ2v) is 6.56. The highest BCUT2D eigenvalue weighted by Gasteiger charge is 2.33. The molecule has 0 radical (unpaired) electrons. The molecule has 138 valence electrons. The van der Waals surface area contributed by atoms with Crippen molar-refractivity contribution in [2.24, 2.45) is 11.8 Å². The van der Waals surface area contributed by atoms with Crippen LogP contribution in [0, 0.1) is 11.8 Å². The van der Waals surface area contributed by atoms with E-state index in [0.29, 0.717) is 18.5 Å². The summed E-state index contributed by atoms with van der Waals surface area (Å²) >= 11 is 0. The molecule has 0 aliphatic carbocycles. The molecule has 5 nitrogen and oxygen atoms in total. The first-order chi connectivity index (χ1) is 11.6. The van der Waals surface area contributed by atoms with Gasteiger partial charge in [0.15, 0.2) is 0 Å². The molecule has 1 aliphatic heterocycles. The topological polar surface area (TPSA) is 69.6 Å². The molecule has 1 aliphatic rings. The highest BCUT2D eigenvalue weighted by molar-refractivity contribution is 5.77. The molecule has 0 spiro atoms. The van der Waals surface area contributed by atoms with E-state index in [0.717, 1.165) is 12.1 Å². The van der Waals surface area contributed by atoms with Crippen LogP contribution in [0.25, 0.3) is 0 Å². The third kappa shape index (κ3) is 4.64. The van der Waals surface area contributed by atoms with Gasteiger partial charge in [-0.05, 0) is 30.0 Å². The number of rotatable bonds is 4. The zero-order chi connectivity index (χ0) is 18.8. The molecule has 25 heavy (non-hydrogen) atoms. The van der Waals surface area contributed by atoms with Crippen molar-refractivity contribution in [1.29, 1.82) is 0 Å². The summed E-state index contributed by atoms with van der Waals surface area (Å²) in [5.74, 6) is -1.55. The molecule has 1 aromatic carbocycles. The maximum Gasteiger partial charge on any atom is 0.416 e. The van der Waals surface area contributed by atoms with Crippen LogP contribution in [0.1, 0.15) is 37.4 Å². The monoisotopic (exact) mass is 358 g/mol. The zero-order valence-corrected chi connectivity index (χ0v) is 14.0. The zero-order valence-electron chi connectivity index (χ0n) is 14.0. The first-order valence-electron chi connectivity index (χ1n) is 8.05. The minimum absolute atomic E-state index is 0.0430. The summed E-state index contributed by atoms with van der Waals surface area (Å²) in [5, 5.41) is 11.8. The number of carbonyl (C=O) groups is 2. The molecule has 0 saturated carbocycles. The second kappa shape index (κ2) is 7.33. The van der Waals surface area contributed by atoms with E-state index in [1.165, 1.54) is 17.0 Å². The fourth-order valence-corrected chi connectivity index (χ4v) is 2.88. The van der Waals surface area contributed by atoms with Crippen LogP contribution in [0.3, 0.4) is 0 Å². The fourth-order valence-electron chi connectivity index (χ4n) is 2.88. The maximum absolute atomic E-state index is 12.7. The van der Waals surface area contributed by atoms with Crippen LogP contribution >= 0.6 is 0 Å². The van der Waals surface area contributed by atoms with Gasteiger partial charge in [-0.25, -0.2) is 4.79 Å². The summed E-state index contributed by atoms with van der Waals surface area (Å²) in [5.41, 5.74) is -0.167. The van der Waals surface area contributed by atoms with Gasteiger partial charge >= 0.3 is 18.2 Å². The van der Waals surface area contributed by atoms with Crippen LogP contribution in [-0.2, 0) is 11.0 Å². The Morgan fingerprint density at radius 3 is 2.28 bits per heavy atom. The summed E-state index contributed by atoms with van der Waals surface area (Å²) < 4.78 is 38.0. The number of hydrogen-bond acceptors (Lipinski definition) is 2. The number of carboxylic acids is 1. The van der Waals surface area contributed by atoms with Gasteiger partial charge in [0, 0.05) is 13.1 Å². The molecule has 8 heteroatoms. The van der Waals surface area contributed by atoms with Crippen molar-refractivity contribution in [3.63, 3.8) is 0 Å². The molecule has 0 aromatic heterocycles. The van der Waals surface area contributed by atoms with Gasteiger partial charge in [0.05, 0.1) is 17.5 Å². The lowest BCUT2D eigenvalue weighted by molar-refractivity contribution is -0.141. The van der Waals surface area contributed by atoms with Crippen LogP contribution in [0.5, 0.6) is 0 Å². The molecule has 2 amide bonds. The molecule has 2 N–H and O–H groups in total. The summed E-state index contributed by atoms with van der Waals surface area (Å²) in [7, 11) is 0. The van der Waals surface area contributed by atoms with Gasteiger partial charge in [0.25, 0.3) is 0 Å². The number of halogens is 3. The van der Waals surface area contributed by atoms with Crippen molar-refractivity contribution < 1.29 is 27.9 Å². The summed E-state index contributed by atoms with van der Waals surface area (Å²) in [6.07, 6.45) is -4.01. The maximum atomic E-state index is 12.7. The van der Waals surface area contributed by atoms with Crippen molar-refractivity contribution in [2.75, 3.05) is 13.1 Å². The van der Waals surface area contributed by atoms with E-state index in [4.69, 9.17) is 5.11 Å². The Bertz CT molecular complexity index is 629. The normalized spacial score (nSPS) is 19.1. The van der Waals surface area contributed by atoms with Gasteiger partial charge in [0.2, 0.25) is 0 Å². The SMILES string of the molecule is CC(C)C(NC(=O)N1CCC(C(=O)O)C1)c1ccc(C(F)(F)F)cc1. The number of likely N-dealkylation sites (tertiary alicyclic amines) is 1. The number of nitrogens with one attached hydrogen (secondary N) is 1. The fraction of sp³-hybridized carbons (Fsp3) is 0.529. The smallest absolute Gasteiger partial charge is 0.416 e. The average Bonchev–Trinajstić information content (AvgIpc) is 3.01. The van der Waals surface area contributed by atoms with E-state index >= 15 is 0 Å². The standard InChI is InChI=1S/C17H21F3N2O3/c1-10(2)14(11-3-5-13(6-4-11)17(18,19)20)21-16(25)22-8-7-12(9-22)15(23)24/h3-6,10,12,14H,7-9H2,1-2H3,(H,21,25)(H,23,24). The molecule has 1 aromatic rings. The number of amides is 2. The molecular formula is C17H21F3N2O3. The van der Waals surface area contributed by atoms with Crippen LogP contribution in [0.15, 0.2) is 24.3 Å². The lowest BCUT2D eigenvalue weighted by Crippen LogP contribution is -2.42. The Hall–Kier alpha value is -2.25. The predicted molar refractivity (Wildman–Crippen MR) is 84.9 cm³/mol. The van der Waals surface area contributed by atoms with Crippen LogP contribution < -0.4 is 5.32 Å². The van der Waals surface area contributed by atoms with E-state index in [1.54, 1.807) is 0 Å². The number of benzene rings is 1. The van der Waals surface area contributed by atoms with Crippen molar-refractivity contribution in [3.05, 3.63) is 35.4 Å². The quantitative estimate of drug-likeness (QED) is 0.865. The number of carboxylic acid groups (broad SMARTS) is 1. The highest BCUT2D eigenvalue weighted by Crippen LogP contribution is 2.31. The minimum atomic E-state index is -4.41. The lowest BCUT2D eigenvalue weighted by Gasteiger charge is -2.26. The number of urea groups is 1. The second-order valence-electron chi connectivity index (χ2n) is 6.56. The van der Waals surface area contributed by atoms with E-state index in [1.807, 2.05) is 13.8 Å². The molecule has 2 unspecified atom stereocenters. The van der Waals surface area contributed by atoms with Gasteiger partial charge in [-0.1, -0.05) is 26.0 Å². The van der Waals surface area contributed by atoms with E-state index in [-0.39, 0.29) is 12.5 Å². The van der Waals surface area contributed by atoms with Crippen LogP contribution in [-0.4, -0.2) is 35.1 Å². The van der Waals surface area contributed by atoms with Gasteiger partial charge in [0.1, 0.15) is 0 Å². The molecular weight excluding hydrogens is 337 g/mol. The predicted octanol–water partition coefficient (Wildman–Crippen LogP) is 3.52. The lowest BCUT2D eigenvalue weighted by atomic mass is 9.95. The largest absolute Gasteiger partial charge is 0.481 e. The Kier molecular flexibility index (Phi) is 5.59. The van der Waals surface area contributed by atoms with Crippen molar-refractivity contribution in [1.82, 2.24) is 10.2 Å². The number of nitrogens with zero attached hydrogens (tertiary/aromatic N) is 1.